The fourth-order valence-corrected chi connectivity index (χ4v) is 4.19. The van der Waals surface area contributed by atoms with Crippen molar-refractivity contribution in [3.63, 3.8) is 0 Å². The topological polar surface area (TPSA) is 77.9 Å². The largest absolute Gasteiger partial charge is 0.480 e. The van der Waals surface area contributed by atoms with Crippen LogP contribution in [0.1, 0.15) is 33.3 Å². The molecule has 1 aromatic carbocycles. The average molecular weight is 354 g/mol. The Kier molecular flexibility index (Phi) is 5.37. The molecule has 1 heterocycles. The molecule has 1 saturated heterocycles. The number of aliphatic carboxylic acids is 1. The number of carbonyl (C=O) groups is 1. The maximum atomic E-state index is 12.7. The summed E-state index contributed by atoms with van der Waals surface area (Å²) in [5, 5.41) is 9.06. The minimum atomic E-state index is -3.53. The van der Waals surface area contributed by atoms with Crippen LogP contribution in [0.4, 0.5) is 0 Å². The molecule has 1 atom stereocenters. The Morgan fingerprint density at radius 1 is 1.08 bits per heavy atom. The van der Waals surface area contributed by atoms with Gasteiger partial charge in [-0.15, -0.1) is 0 Å². The van der Waals surface area contributed by atoms with Gasteiger partial charge in [-0.2, -0.15) is 4.31 Å². The van der Waals surface area contributed by atoms with Crippen LogP contribution in [0.15, 0.2) is 29.2 Å². The summed E-state index contributed by atoms with van der Waals surface area (Å²) in [5.74, 6) is -0.885. The van der Waals surface area contributed by atoms with E-state index in [1.165, 1.54) is 4.31 Å². The first-order valence-corrected chi connectivity index (χ1v) is 9.55. The summed E-state index contributed by atoms with van der Waals surface area (Å²) >= 11 is 0. The van der Waals surface area contributed by atoms with Crippen LogP contribution in [-0.2, 0) is 20.2 Å². The molecule has 0 radical (unpaired) electrons. The van der Waals surface area contributed by atoms with Gasteiger partial charge in [0, 0.05) is 26.2 Å². The van der Waals surface area contributed by atoms with Gasteiger partial charge in [-0.05, 0) is 30.0 Å². The molecule has 0 saturated carbocycles. The smallest absolute Gasteiger partial charge is 0.320 e. The lowest BCUT2D eigenvalue weighted by Gasteiger charge is -2.35. The van der Waals surface area contributed by atoms with Crippen LogP contribution in [0.25, 0.3) is 0 Å². The molecule has 1 fully saturated rings. The van der Waals surface area contributed by atoms with Crippen molar-refractivity contribution in [3.8, 4) is 0 Å². The molecule has 1 aromatic rings. The van der Waals surface area contributed by atoms with Crippen molar-refractivity contribution in [1.82, 2.24) is 9.21 Å². The first-order chi connectivity index (χ1) is 11.0. The van der Waals surface area contributed by atoms with E-state index in [0.717, 1.165) is 5.56 Å². The van der Waals surface area contributed by atoms with Crippen molar-refractivity contribution in [1.29, 1.82) is 0 Å². The van der Waals surface area contributed by atoms with Gasteiger partial charge in [0.1, 0.15) is 6.04 Å². The Labute approximate surface area is 144 Å². The van der Waals surface area contributed by atoms with E-state index in [-0.39, 0.29) is 10.3 Å². The third-order valence-corrected chi connectivity index (χ3v) is 6.45. The molecule has 7 heteroatoms. The standard InChI is InChI=1S/C17H26N2O4S/c1-13(16(20)21)18-9-11-19(12-10-18)24(22,23)15-7-5-14(6-8-15)17(2,3)4/h5-8,13H,9-12H2,1-4H3,(H,20,21)/t13-/m0/s1. The van der Waals surface area contributed by atoms with E-state index in [0.29, 0.717) is 26.2 Å². The number of carboxylic acids is 1. The minimum Gasteiger partial charge on any atom is -0.480 e. The highest BCUT2D eigenvalue weighted by Crippen LogP contribution is 2.25. The number of rotatable bonds is 4. The third-order valence-electron chi connectivity index (χ3n) is 4.54. The van der Waals surface area contributed by atoms with Crippen LogP contribution in [0.3, 0.4) is 0 Å². The second kappa shape index (κ2) is 6.82. The van der Waals surface area contributed by atoms with Crippen molar-refractivity contribution < 1.29 is 18.3 Å². The van der Waals surface area contributed by atoms with Gasteiger partial charge in [0.25, 0.3) is 0 Å². The van der Waals surface area contributed by atoms with Gasteiger partial charge in [0.2, 0.25) is 10.0 Å². The molecule has 0 aromatic heterocycles. The number of piperazine rings is 1. The van der Waals surface area contributed by atoms with E-state index in [1.54, 1.807) is 24.0 Å². The molecular formula is C17H26N2O4S. The lowest BCUT2D eigenvalue weighted by atomic mass is 9.87. The summed E-state index contributed by atoms with van der Waals surface area (Å²) in [7, 11) is -3.53. The molecule has 2 rings (SSSR count). The molecule has 0 amide bonds. The highest BCUT2D eigenvalue weighted by Gasteiger charge is 2.31. The van der Waals surface area contributed by atoms with Gasteiger partial charge in [-0.25, -0.2) is 8.42 Å². The summed E-state index contributed by atoms with van der Waals surface area (Å²) < 4.78 is 26.9. The van der Waals surface area contributed by atoms with Gasteiger partial charge in [-0.1, -0.05) is 32.9 Å². The average Bonchev–Trinajstić information content (AvgIpc) is 2.53. The zero-order chi connectivity index (χ0) is 18.1. The van der Waals surface area contributed by atoms with Crippen LogP contribution in [0.2, 0.25) is 0 Å². The van der Waals surface area contributed by atoms with Crippen molar-refractivity contribution in [2.45, 2.75) is 44.0 Å². The zero-order valence-corrected chi connectivity index (χ0v) is 15.5. The summed E-state index contributed by atoms with van der Waals surface area (Å²) in [6.07, 6.45) is 0. The van der Waals surface area contributed by atoms with Gasteiger partial charge in [0.15, 0.2) is 0 Å². The van der Waals surface area contributed by atoms with Crippen LogP contribution >= 0.6 is 0 Å². The first-order valence-electron chi connectivity index (χ1n) is 8.11. The second-order valence-electron chi connectivity index (χ2n) is 7.23. The number of sulfonamides is 1. The van der Waals surface area contributed by atoms with E-state index in [9.17, 15) is 13.2 Å². The predicted molar refractivity (Wildman–Crippen MR) is 92.6 cm³/mol. The van der Waals surface area contributed by atoms with Gasteiger partial charge in [-0.3, -0.25) is 9.69 Å². The maximum absolute atomic E-state index is 12.7. The zero-order valence-electron chi connectivity index (χ0n) is 14.7. The molecule has 24 heavy (non-hydrogen) atoms. The Balaban J connectivity index is 2.11. The van der Waals surface area contributed by atoms with E-state index < -0.39 is 22.0 Å². The Bertz CT molecular complexity index is 684. The van der Waals surface area contributed by atoms with Crippen LogP contribution in [-0.4, -0.2) is 60.9 Å². The molecule has 6 nitrogen and oxygen atoms in total. The minimum absolute atomic E-state index is 0.0269. The molecule has 0 aliphatic carbocycles. The lowest BCUT2D eigenvalue weighted by Crippen LogP contribution is -2.53. The summed E-state index contributed by atoms with van der Waals surface area (Å²) in [4.78, 5) is 13.1. The van der Waals surface area contributed by atoms with Crippen LogP contribution < -0.4 is 0 Å². The Hall–Kier alpha value is -1.44. The van der Waals surface area contributed by atoms with E-state index in [2.05, 4.69) is 20.8 Å². The van der Waals surface area contributed by atoms with Crippen molar-refractivity contribution in [2.75, 3.05) is 26.2 Å². The van der Waals surface area contributed by atoms with E-state index in [1.807, 2.05) is 12.1 Å². The second-order valence-corrected chi connectivity index (χ2v) is 9.17. The molecule has 1 aliphatic heterocycles. The summed E-state index contributed by atoms with van der Waals surface area (Å²) in [6.45, 7) is 9.33. The third kappa shape index (κ3) is 3.96. The number of hydrogen-bond acceptors (Lipinski definition) is 4. The fourth-order valence-electron chi connectivity index (χ4n) is 2.76. The molecule has 1 aliphatic rings. The molecule has 0 bridgehead atoms. The SMILES string of the molecule is C[C@@H](C(=O)O)N1CCN(S(=O)(=O)c2ccc(C(C)(C)C)cc2)CC1. The molecule has 1 N–H and O–H groups in total. The van der Waals surface area contributed by atoms with Crippen molar-refractivity contribution in [3.05, 3.63) is 29.8 Å². The monoisotopic (exact) mass is 354 g/mol. The highest BCUT2D eigenvalue weighted by atomic mass is 32.2. The van der Waals surface area contributed by atoms with Crippen LogP contribution in [0, 0.1) is 0 Å². The van der Waals surface area contributed by atoms with Gasteiger partial charge >= 0.3 is 5.97 Å². The predicted octanol–water partition coefficient (Wildman–Crippen LogP) is 1.76. The molecule has 134 valence electrons. The van der Waals surface area contributed by atoms with Gasteiger partial charge < -0.3 is 5.11 Å². The fraction of sp³-hybridized carbons (Fsp3) is 0.588. The number of nitrogens with zero attached hydrogens (tertiary/aromatic N) is 2. The van der Waals surface area contributed by atoms with E-state index >= 15 is 0 Å². The van der Waals surface area contributed by atoms with Crippen LogP contribution in [0.5, 0.6) is 0 Å². The maximum Gasteiger partial charge on any atom is 0.320 e. The number of carboxylic acid groups (broad SMARTS) is 1. The first kappa shape index (κ1) is 18.9. The van der Waals surface area contributed by atoms with Crippen molar-refractivity contribution >= 4 is 16.0 Å². The Morgan fingerprint density at radius 2 is 1.58 bits per heavy atom. The number of benzene rings is 1. The molecular weight excluding hydrogens is 328 g/mol. The quantitative estimate of drug-likeness (QED) is 0.891. The van der Waals surface area contributed by atoms with Crippen molar-refractivity contribution in [2.24, 2.45) is 0 Å². The molecule has 0 spiro atoms. The molecule has 0 unspecified atom stereocenters. The van der Waals surface area contributed by atoms with E-state index in [4.69, 9.17) is 5.11 Å². The van der Waals surface area contributed by atoms with Gasteiger partial charge in [0.05, 0.1) is 4.90 Å². The Morgan fingerprint density at radius 3 is 2.00 bits per heavy atom. The number of hydrogen-bond donors (Lipinski definition) is 1. The normalized spacial score (nSPS) is 19.2. The highest BCUT2D eigenvalue weighted by molar-refractivity contribution is 7.89. The lowest BCUT2D eigenvalue weighted by molar-refractivity contribution is -0.143. The summed E-state index contributed by atoms with van der Waals surface area (Å²) in [5.41, 5.74) is 1.06. The summed E-state index contributed by atoms with van der Waals surface area (Å²) in [6, 6.07) is 6.43.